The number of nitrogens with one attached hydrogen (secondary N) is 2. The molecule has 1 aliphatic rings. The molecule has 7 heteroatoms. The van der Waals surface area contributed by atoms with Crippen LogP contribution < -0.4 is 11.1 Å². The van der Waals surface area contributed by atoms with Crippen molar-refractivity contribution in [3.63, 3.8) is 0 Å². The second kappa shape index (κ2) is 5.09. The maximum Gasteiger partial charge on any atom is 0.259 e. The van der Waals surface area contributed by atoms with Crippen LogP contribution in [0.4, 0.5) is 5.00 Å². The molecule has 3 rings (SSSR count). The van der Waals surface area contributed by atoms with E-state index in [2.05, 4.69) is 15.5 Å². The van der Waals surface area contributed by atoms with Gasteiger partial charge >= 0.3 is 0 Å². The first-order chi connectivity index (χ1) is 9.66. The molecule has 0 aromatic carbocycles. The molecule has 0 saturated carbocycles. The number of rotatable bonds is 3. The lowest BCUT2D eigenvalue weighted by molar-refractivity contribution is 0.100. The van der Waals surface area contributed by atoms with Crippen LogP contribution in [0.15, 0.2) is 12.4 Å². The lowest BCUT2D eigenvalue weighted by Crippen LogP contribution is -2.18. The van der Waals surface area contributed by atoms with Crippen LogP contribution in [0.1, 0.15) is 44.0 Å². The number of hydrogen-bond donors (Lipinski definition) is 3. The van der Waals surface area contributed by atoms with Crippen molar-refractivity contribution in [1.82, 2.24) is 10.2 Å². The van der Waals surface area contributed by atoms with Gasteiger partial charge in [-0.2, -0.15) is 5.10 Å². The topological polar surface area (TPSA) is 101 Å². The van der Waals surface area contributed by atoms with Crippen LogP contribution in [0, 0.1) is 0 Å². The third kappa shape index (κ3) is 2.20. The maximum absolute atomic E-state index is 12.0. The Morgan fingerprint density at radius 2 is 2.15 bits per heavy atom. The SMILES string of the molecule is NC(=O)c1c(NC(=O)c2cn[nH]c2)sc2c1CCCC2. The van der Waals surface area contributed by atoms with Gasteiger partial charge in [-0.3, -0.25) is 14.7 Å². The summed E-state index contributed by atoms with van der Waals surface area (Å²) in [6.45, 7) is 0. The summed E-state index contributed by atoms with van der Waals surface area (Å²) in [7, 11) is 0. The molecular formula is C13H14N4O2S. The van der Waals surface area contributed by atoms with E-state index in [0.717, 1.165) is 36.1 Å². The zero-order chi connectivity index (χ0) is 14.1. The minimum absolute atomic E-state index is 0.292. The Morgan fingerprint density at radius 3 is 2.85 bits per heavy atom. The Kier molecular flexibility index (Phi) is 3.27. The van der Waals surface area contributed by atoms with Gasteiger partial charge in [-0.25, -0.2) is 0 Å². The highest BCUT2D eigenvalue weighted by molar-refractivity contribution is 7.17. The number of hydrogen-bond acceptors (Lipinski definition) is 4. The number of thiophene rings is 1. The molecule has 20 heavy (non-hydrogen) atoms. The summed E-state index contributed by atoms with van der Waals surface area (Å²) in [5.41, 5.74) is 7.38. The molecule has 6 nitrogen and oxygen atoms in total. The second-order valence-electron chi connectivity index (χ2n) is 4.72. The molecule has 0 atom stereocenters. The molecule has 0 spiro atoms. The molecule has 0 bridgehead atoms. The van der Waals surface area contributed by atoms with Crippen LogP contribution in [0.25, 0.3) is 0 Å². The predicted molar refractivity (Wildman–Crippen MR) is 76.0 cm³/mol. The van der Waals surface area contributed by atoms with Gasteiger partial charge in [0.2, 0.25) is 0 Å². The smallest absolute Gasteiger partial charge is 0.259 e. The van der Waals surface area contributed by atoms with E-state index >= 15 is 0 Å². The third-order valence-corrected chi connectivity index (χ3v) is 4.61. The number of H-pyrrole nitrogens is 1. The van der Waals surface area contributed by atoms with Crippen molar-refractivity contribution in [2.45, 2.75) is 25.7 Å². The van der Waals surface area contributed by atoms with Gasteiger partial charge < -0.3 is 11.1 Å². The van der Waals surface area contributed by atoms with Crippen molar-refractivity contribution in [3.8, 4) is 0 Å². The quantitative estimate of drug-likeness (QED) is 0.802. The van der Waals surface area contributed by atoms with Crippen LogP contribution >= 0.6 is 11.3 Å². The van der Waals surface area contributed by atoms with Crippen LogP contribution in [0.3, 0.4) is 0 Å². The Hall–Kier alpha value is -2.15. The van der Waals surface area contributed by atoms with Crippen molar-refractivity contribution in [2.75, 3.05) is 5.32 Å². The Bertz CT molecular complexity index is 660. The number of amides is 2. The maximum atomic E-state index is 12.0. The number of fused-ring (bicyclic) bond motifs is 1. The molecule has 0 unspecified atom stereocenters. The van der Waals surface area contributed by atoms with Gasteiger partial charge in [0.05, 0.1) is 17.3 Å². The van der Waals surface area contributed by atoms with Crippen molar-refractivity contribution < 1.29 is 9.59 Å². The summed E-state index contributed by atoms with van der Waals surface area (Å²) in [5, 5.41) is 9.64. The zero-order valence-electron chi connectivity index (χ0n) is 10.7. The number of nitrogens with two attached hydrogens (primary N) is 1. The Balaban J connectivity index is 1.95. The first-order valence-corrected chi connectivity index (χ1v) is 7.23. The number of aryl methyl sites for hydroxylation is 1. The Labute approximate surface area is 119 Å². The molecule has 104 valence electrons. The van der Waals surface area contributed by atoms with Gasteiger partial charge in [0.25, 0.3) is 11.8 Å². The van der Waals surface area contributed by atoms with Crippen LogP contribution in [-0.2, 0) is 12.8 Å². The normalized spacial score (nSPS) is 13.8. The highest BCUT2D eigenvalue weighted by atomic mass is 32.1. The van der Waals surface area contributed by atoms with E-state index in [4.69, 9.17) is 5.73 Å². The van der Waals surface area contributed by atoms with Crippen LogP contribution in [-0.4, -0.2) is 22.0 Å². The molecule has 2 aromatic heterocycles. The molecule has 1 aliphatic carbocycles. The summed E-state index contributed by atoms with van der Waals surface area (Å²) < 4.78 is 0. The van der Waals surface area contributed by atoms with E-state index in [-0.39, 0.29) is 5.91 Å². The van der Waals surface area contributed by atoms with Gasteiger partial charge in [0.15, 0.2) is 0 Å². The standard InChI is InChI=1S/C13H14N4O2S/c14-11(18)10-8-3-1-2-4-9(8)20-13(10)17-12(19)7-5-15-16-6-7/h5-6H,1-4H2,(H2,14,18)(H,15,16)(H,17,19). The zero-order valence-corrected chi connectivity index (χ0v) is 11.5. The fourth-order valence-electron chi connectivity index (χ4n) is 2.46. The van der Waals surface area contributed by atoms with Gasteiger partial charge in [-0.05, 0) is 31.2 Å². The summed E-state index contributed by atoms with van der Waals surface area (Å²) in [6, 6.07) is 0. The molecule has 0 saturated heterocycles. The Morgan fingerprint density at radius 1 is 1.35 bits per heavy atom. The fraction of sp³-hybridized carbons (Fsp3) is 0.308. The number of aromatic nitrogens is 2. The average Bonchev–Trinajstić information content (AvgIpc) is 3.05. The number of anilines is 1. The minimum atomic E-state index is -0.480. The molecule has 2 aromatic rings. The first kappa shape index (κ1) is 12.9. The monoisotopic (exact) mass is 290 g/mol. The molecular weight excluding hydrogens is 276 g/mol. The van der Waals surface area contributed by atoms with Crippen LogP contribution in [0.5, 0.6) is 0 Å². The third-order valence-electron chi connectivity index (χ3n) is 3.41. The molecule has 0 aliphatic heterocycles. The number of aromatic amines is 1. The van der Waals surface area contributed by atoms with Gasteiger partial charge in [0.1, 0.15) is 5.00 Å². The summed E-state index contributed by atoms with van der Waals surface area (Å²) in [5.74, 6) is -0.772. The van der Waals surface area contributed by atoms with E-state index < -0.39 is 5.91 Å². The van der Waals surface area contributed by atoms with Gasteiger partial charge in [0, 0.05) is 11.1 Å². The van der Waals surface area contributed by atoms with E-state index in [1.54, 1.807) is 0 Å². The first-order valence-electron chi connectivity index (χ1n) is 6.41. The van der Waals surface area contributed by atoms with E-state index in [1.165, 1.54) is 23.7 Å². The fourth-order valence-corrected chi connectivity index (χ4v) is 3.75. The number of carbonyl (C=O) groups is 2. The summed E-state index contributed by atoms with van der Waals surface area (Å²) in [4.78, 5) is 24.9. The highest BCUT2D eigenvalue weighted by Crippen LogP contribution is 2.38. The van der Waals surface area contributed by atoms with Crippen molar-refractivity contribution in [3.05, 3.63) is 34.0 Å². The van der Waals surface area contributed by atoms with Crippen LogP contribution in [0.2, 0.25) is 0 Å². The summed E-state index contributed by atoms with van der Waals surface area (Å²) >= 11 is 1.45. The second-order valence-corrected chi connectivity index (χ2v) is 5.83. The van der Waals surface area contributed by atoms with Crippen molar-refractivity contribution in [1.29, 1.82) is 0 Å². The van der Waals surface area contributed by atoms with Gasteiger partial charge in [-0.15, -0.1) is 11.3 Å². The number of primary amides is 1. The molecule has 0 fully saturated rings. The summed E-state index contributed by atoms with van der Waals surface area (Å²) in [6.07, 6.45) is 6.91. The highest BCUT2D eigenvalue weighted by Gasteiger charge is 2.25. The largest absolute Gasteiger partial charge is 0.365 e. The minimum Gasteiger partial charge on any atom is -0.365 e. The number of carbonyl (C=O) groups excluding carboxylic acids is 2. The van der Waals surface area contributed by atoms with Gasteiger partial charge in [-0.1, -0.05) is 0 Å². The lowest BCUT2D eigenvalue weighted by atomic mass is 9.95. The van der Waals surface area contributed by atoms with E-state index in [1.807, 2.05) is 0 Å². The van der Waals surface area contributed by atoms with Crippen molar-refractivity contribution >= 4 is 28.2 Å². The average molecular weight is 290 g/mol. The lowest BCUT2D eigenvalue weighted by Gasteiger charge is -2.11. The number of nitrogens with zero attached hydrogens (tertiary/aromatic N) is 1. The van der Waals surface area contributed by atoms with E-state index in [9.17, 15) is 9.59 Å². The van der Waals surface area contributed by atoms with Crippen molar-refractivity contribution in [2.24, 2.45) is 5.73 Å². The molecule has 0 radical (unpaired) electrons. The molecule has 2 amide bonds. The molecule has 4 N–H and O–H groups in total. The molecule has 2 heterocycles. The predicted octanol–water partition coefficient (Wildman–Crippen LogP) is 1.70. The van der Waals surface area contributed by atoms with E-state index in [0.29, 0.717) is 16.1 Å².